The fourth-order valence-electron chi connectivity index (χ4n) is 1.11. The maximum Gasteiger partial charge on any atom is 0.0829 e. The lowest BCUT2D eigenvalue weighted by molar-refractivity contribution is 0.674. The first kappa shape index (κ1) is 6.24. The van der Waals surface area contributed by atoms with Crippen LogP contribution < -0.4 is 5.73 Å². The van der Waals surface area contributed by atoms with E-state index in [1.54, 1.807) is 0 Å². The first-order valence-corrected chi connectivity index (χ1v) is 4.19. The van der Waals surface area contributed by atoms with Crippen molar-refractivity contribution in [3.05, 3.63) is 11.1 Å². The number of nitrogens with zero attached hydrogens (tertiary/aromatic N) is 2. The van der Waals surface area contributed by atoms with E-state index in [4.69, 9.17) is 5.73 Å². The minimum atomic E-state index is 0.229. The molecule has 2 N–H and O–H groups in total. The molecule has 0 aromatic carbocycles. The highest BCUT2D eigenvalue weighted by Gasteiger charge is 2.44. The summed E-state index contributed by atoms with van der Waals surface area (Å²) in [6.45, 7) is 0.721. The highest BCUT2D eigenvalue weighted by Crippen LogP contribution is 2.46. The molecule has 0 saturated heterocycles. The Morgan fingerprint density at radius 3 is 2.90 bits per heavy atom. The normalized spacial score (nSPS) is 20.9. The first-order valence-electron chi connectivity index (χ1n) is 3.35. The predicted molar refractivity (Wildman–Crippen MR) is 39.9 cm³/mol. The number of rotatable bonds is 2. The Bertz CT molecular complexity index is 215. The van der Waals surface area contributed by atoms with Gasteiger partial charge in [-0.05, 0) is 24.4 Å². The molecule has 1 aliphatic carbocycles. The van der Waals surface area contributed by atoms with Gasteiger partial charge in [0, 0.05) is 17.3 Å². The molecule has 0 aliphatic heterocycles. The van der Waals surface area contributed by atoms with Crippen LogP contribution in [0.3, 0.4) is 0 Å². The van der Waals surface area contributed by atoms with Crippen LogP contribution in [-0.2, 0) is 5.41 Å². The molecule has 0 amide bonds. The third-order valence-corrected chi connectivity index (χ3v) is 2.65. The van der Waals surface area contributed by atoms with Gasteiger partial charge in [0.2, 0.25) is 0 Å². The molecule has 0 atom stereocenters. The maximum atomic E-state index is 5.60. The molecule has 1 fully saturated rings. The number of nitrogens with two attached hydrogens (primary N) is 1. The number of aromatic nitrogens is 2. The van der Waals surface area contributed by atoms with Gasteiger partial charge in [-0.25, -0.2) is 0 Å². The van der Waals surface area contributed by atoms with Gasteiger partial charge >= 0.3 is 0 Å². The topological polar surface area (TPSA) is 51.8 Å². The van der Waals surface area contributed by atoms with Crippen molar-refractivity contribution in [1.82, 2.24) is 9.59 Å². The quantitative estimate of drug-likeness (QED) is 0.677. The molecule has 1 aromatic heterocycles. The van der Waals surface area contributed by atoms with Crippen molar-refractivity contribution in [3.63, 3.8) is 0 Å². The summed E-state index contributed by atoms with van der Waals surface area (Å²) in [5.41, 5.74) is 6.92. The first-order chi connectivity index (χ1) is 4.87. The third-order valence-electron chi connectivity index (χ3n) is 2.15. The van der Waals surface area contributed by atoms with E-state index in [0.29, 0.717) is 0 Å². The lowest BCUT2D eigenvalue weighted by Crippen LogP contribution is -2.19. The fraction of sp³-hybridized carbons (Fsp3) is 0.667. The lowest BCUT2D eigenvalue weighted by atomic mass is 10.1. The van der Waals surface area contributed by atoms with Crippen LogP contribution >= 0.6 is 11.5 Å². The van der Waals surface area contributed by atoms with Crippen LogP contribution in [0.1, 0.15) is 18.5 Å². The Kier molecular flexibility index (Phi) is 1.25. The van der Waals surface area contributed by atoms with Gasteiger partial charge in [-0.15, -0.1) is 5.10 Å². The second-order valence-corrected chi connectivity index (χ2v) is 3.38. The van der Waals surface area contributed by atoms with Gasteiger partial charge in [-0.1, -0.05) is 4.49 Å². The molecule has 4 heteroatoms. The standard InChI is InChI=1S/C6H9N3S/c7-4-6(1-2-6)5-3-10-9-8-5/h3H,1-2,4,7H2. The van der Waals surface area contributed by atoms with Crippen LogP contribution in [0, 0.1) is 0 Å². The summed E-state index contributed by atoms with van der Waals surface area (Å²) in [6, 6.07) is 0. The Morgan fingerprint density at radius 2 is 2.50 bits per heavy atom. The van der Waals surface area contributed by atoms with Crippen LogP contribution in [0.5, 0.6) is 0 Å². The van der Waals surface area contributed by atoms with Crippen molar-refractivity contribution in [2.24, 2.45) is 5.73 Å². The summed E-state index contributed by atoms with van der Waals surface area (Å²) in [5, 5.41) is 6.01. The molecule has 54 valence electrons. The molecule has 3 nitrogen and oxygen atoms in total. The van der Waals surface area contributed by atoms with Gasteiger partial charge in [0.05, 0.1) is 5.69 Å². The fourth-order valence-corrected chi connectivity index (χ4v) is 1.69. The zero-order chi connectivity index (χ0) is 7.03. The van der Waals surface area contributed by atoms with Crippen LogP contribution in [0.2, 0.25) is 0 Å². The van der Waals surface area contributed by atoms with Crippen LogP contribution in [0.4, 0.5) is 0 Å². The van der Waals surface area contributed by atoms with Crippen LogP contribution in [-0.4, -0.2) is 16.1 Å². The van der Waals surface area contributed by atoms with E-state index >= 15 is 0 Å². The molecule has 0 spiro atoms. The third kappa shape index (κ3) is 0.759. The van der Waals surface area contributed by atoms with Gasteiger partial charge in [-0.2, -0.15) is 0 Å². The largest absolute Gasteiger partial charge is 0.330 e. The summed E-state index contributed by atoms with van der Waals surface area (Å²) < 4.78 is 3.81. The van der Waals surface area contributed by atoms with Gasteiger partial charge in [0.25, 0.3) is 0 Å². The Balaban J connectivity index is 2.27. The van der Waals surface area contributed by atoms with Crippen LogP contribution in [0.15, 0.2) is 5.38 Å². The van der Waals surface area contributed by atoms with E-state index in [-0.39, 0.29) is 5.41 Å². The highest BCUT2D eigenvalue weighted by atomic mass is 32.1. The lowest BCUT2D eigenvalue weighted by Gasteiger charge is -2.05. The molecular weight excluding hydrogens is 146 g/mol. The second-order valence-electron chi connectivity index (χ2n) is 2.77. The molecule has 1 aliphatic rings. The predicted octanol–water partition coefficient (Wildman–Crippen LogP) is 0.528. The van der Waals surface area contributed by atoms with Crippen molar-refractivity contribution in [2.75, 3.05) is 6.54 Å². The van der Waals surface area contributed by atoms with Crippen molar-refractivity contribution in [1.29, 1.82) is 0 Å². The second kappa shape index (κ2) is 2.00. The number of hydrogen-bond donors (Lipinski definition) is 1. The average molecular weight is 155 g/mol. The van der Waals surface area contributed by atoms with Gasteiger partial charge in [0.1, 0.15) is 0 Å². The summed E-state index contributed by atoms with van der Waals surface area (Å²) in [6.07, 6.45) is 2.38. The minimum absolute atomic E-state index is 0.229. The van der Waals surface area contributed by atoms with E-state index in [1.807, 2.05) is 5.38 Å². The molecular formula is C6H9N3S. The Hall–Kier alpha value is -0.480. The molecule has 10 heavy (non-hydrogen) atoms. The summed E-state index contributed by atoms with van der Waals surface area (Å²) in [5.74, 6) is 0. The van der Waals surface area contributed by atoms with Crippen molar-refractivity contribution >= 4 is 11.5 Å². The van der Waals surface area contributed by atoms with Gasteiger partial charge < -0.3 is 5.73 Å². The monoisotopic (exact) mass is 155 g/mol. The SMILES string of the molecule is NCC1(c2csnn2)CC1. The highest BCUT2D eigenvalue weighted by molar-refractivity contribution is 7.03. The van der Waals surface area contributed by atoms with Crippen molar-refractivity contribution in [2.45, 2.75) is 18.3 Å². The molecule has 2 rings (SSSR count). The van der Waals surface area contributed by atoms with Gasteiger partial charge in [-0.3, -0.25) is 0 Å². The minimum Gasteiger partial charge on any atom is -0.330 e. The molecule has 1 aromatic rings. The average Bonchev–Trinajstić information content (AvgIpc) is 2.58. The zero-order valence-electron chi connectivity index (χ0n) is 5.58. The van der Waals surface area contributed by atoms with Crippen molar-refractivity contribution in [3.8, 4) is 0 Å². The van der Waals surface area contributed by atoms with E-state index in [1.165, 1.54) is 24.4 Å². The maximum absolute atomic E-state index is 5.60. The van der Waals surface area contributed by atoms with Crippen LogP contribution in [0.25, 0.3) is 0 Å². The number of hydrogen-bond acceptors (Lipinski definition) is 4. The summed E-state index contributed by atoms with van der Waals surface area (Å²) >= 11 is 1.41. The molecule has 1 saturated carbocycles. The summed E-state index contributed by atoms with van der Waals surface area (Å²) in [4.78, 5) is 0. The van der Waals surface area contributed by atoms with E-state index in [0.717, 1.165) is 12.2 Å². The summed E-state index contributed by atoms with van der Waals surface area (Å²) in [7, 11) is 0. The van der Waals surface area contributed by atoms with Gasteiger partial charge in [0.15, 0.2) is 0 Å². The van der Waals surface area contributed by atoms with E-state index < -0.39 is 0 Å². The molecule has 0 bridgehead atoms. The Labute approximate surface area is 63.4 Å². The smallest absolute Gasteiger partial charge is 0.0829 e. The van der Waals surface area contributed by atoms with Crippen molar-refractivity contribution < 1.29 is 0 Å². The zero-order valence-corrected chi connectivity index (χ0v) is 6.40. The molecule has 0 unspecified atom stereocenters. The Morgan fingerprint density at radius 1 is 1.70 bits per heavy atom. The van der Waals surface area contributed by atoms with E-state index in [9.17, 15) is 0 Å². The molecule has 1 heterocycles. The van der Waals surface area contributed by atoms with E-state index in [2.05, 4.69) is 9.59 Å². The molecule has 0 radical (unpaired) electrons.